The van der Waals surface area contributed by atoms with Crippen molar-refractivity contribution in [1.29, 1.82) is 5.26 Å². The maximum atomic E-state index is 10.5. The molecule has 0 heterocycles. The Hall–Kier alpha value is -2.53. The van der Waals surface area contributed by atoms with Crippen molar-refractivity contribution in [2.24, 2.45) is 0 Å². The van der Waals surface area contributed by atoms with E-state index in [4.69, 9.17) is 16.4 Å². The third-order valence-corrected chi connectivity index (χ3v) is 1.80. The molecule has 0 bridgehead atoms. The number of nitro groups is 1. The lowest BCUT2D eigenvalue weighted by Crippen LogP contribution is -1.98. The van der Waals surface area contributed by atoms with Gasteiger partial charge in [-0.15, -0.1) is 12.3 Å². The molecule has 0 aliphatic rings. The van der Waals surface area contributed by atoms with Gasteiger partial charge in [-0.3, -0.25) is 10.1 Å². The minimum absolute atomic E-state index is 0.131. The zero-order valence-corrected chi connectivity index (χ0v) is 8.34. The molecule has 16 heavy (non-hydrogen) atoms. The van der Waals surface area contributed by atoms with Gasteiger partial charge in [-0.25, -0.2) is 0 Å². The highest BCUT2D eigenvalue weighted by molar-refractivity contribution is 5.50. The molecule has 80 valence electrons. The van der Waals surface area contributed by atoms with Crippen molar-refractivity contribution in [3.05, 3.63) is 33.9 Å². The Labute approximate surface area is 92.4 Å². The first kappa shape index (κ1) is 11.5. The highest BCUT2D eigenvalue weighted by atomic mass is 16.6. The summed E-state index contributed by atoms with van der Waals surface area (Å²) in [6.07, 6.45) is 5.46. The van der Waals surface area contributed by atoms with Crippen LogP contribution < -0.4 is 4.74 Å². The van der Waals surface area contributed by atoms with Crippen LogP contribution in [0.5, 0.6) is 5.75 Å². The highest BCUT2D eigenvalue weighted by Gasteiger charge is 2.11. The Morgan fingerprint density at radius 2 is 2.31 bits per heavy atom. The molecule has 5 heteroatoms. The maximum Gasteiger partial charge on any atom is 0.271 e. The fourth-order valence-corrected chi connectivity index (χ4v) is 1.06. The van der Waals surface area contributed by atoms with Gasteiger partial charge in [-0.05, 0) is 6.07 Å². The van der Waals surface area contributed by atoms with Crippen molar-refractivity contribution < 1.29 is 9.66 Å². The molecule has 0 saturated heterocycles. The molecule has 1 rings (SSSR count). The van der Waals surface area contributed by atoms with Gasteiger partial charge in [0.05, 0.1) is 11.5 Å². The summed E-state index contributed by atoms with van der Waals surface area (Å²) in [6, 6.07) is 5.69. The van der Waals surface area contributed by atoms with Gasteiger partial charge in [-0.2, -0.15) is 5.26 Å². The SMILES string of the molecule is C#CCCOc1ccc([N+](=O)[O-])cc1C#N. The van der Waals surface area contributed by atoms with E-state index in [2.05, 4.69) is 5.92 Å². The second-order valence-electron chi connectivity index (χ2n) is 2.85. The van der Waals surface area contributed by atoms with Crippen molar-refractivity contribution in [3.63, 3.8) is 0 Å². The first-order valence-corrected chi connectivity index (χ1v) is 4.44. The summed E-state index contributed by atoms with van der Waals surface area (Å²) in [7, 11) is 0. The molecule has 1 aromatic carbocycles. The number of hydrogen-bond acceptors (Lipinski definition) is 4. The van der Waals surface area contributed by atoms with Crippen LogP contribution in [0.3, 0.4) is 0 Å². The van der Waals surface area contributed by atoms with Crippen LogP contribution in [0.2, 0.25) is 0 Å². The van der Waals surface area contributed by atoms with Crippen LogP contribution >= 0.6 is 0 Å². The molecule has 1 aromatic rings. The van der Waals surface area contributed by atoms with E-state index in [0.717, 1.165) is 0 Å². The Bertz CT molecular complexity index is 483. The molecule has 0 spiro atoms. The molecule has 0 unspecified atom stereocenters. The molecular formula is C11H8N2O3. The third-order valence-electron chi connectivity index (χ3n) is 1.80. The second kappa shape index (κ2) is 5.38. The number of ether oxygens (including phenoxy) is 1. The molecule has 0 atom stereocenters. The monoisotopic (exact) mass is 216 g/mol. The van der Waals surface area contributed by atoms with Crippen LogP contribution in [0.1, 0.15) is 12.0 Å². The fraction of sp³-hybridized carbons (Fsp3) is 0.182. The van der Waals surface area contributed by atoms with Crippen LogP contribution in [0.4, 0.5) is 5.69 Å². The lowest BCUT2D eigenvalue weighted by molar-refractivity contribution is -0.384. The second-order valence-corrected chi connectivity index (χ2v) is 2.85. The molecule has 0 saturated carbocycles. The molecule has 0 aromatic heterocycles. The molecule has 0 fully saturated rings. The molecule has 5 nitrogen and oxygen atoms in total. The number of hydrogen-bond donors (Lipinski definition) is 0. The Morgan fingerprint density at radius 1 is 1.56 bits per heavy atom. The van der Waals surface area contributed by atoms with Crippen molar-refractivity contribution in [3.8, 4) is 24.2 Å². The molecule has 0 aliphatic heterocycles. The number of nitriles is 1. The summed E-state index contributed by atoms with van der Waals surface area (Å²) in [5.74, 6) is 2.70. The summed E-state index contributed by atoms with van der Waals surface area (Å²) < 4.78 is 5.22. The Kier molecular flexibility index (Phi) is 3.88. The normalized spacial score (nSPS) is 8.88. The van der Waals surface area contributed by atoms with Gasteiger partial charge < -0.3 is 4.74 Å². The highest BCUT2D eigenvalue weighted by Crippen LogP contribution is 2.23. The van der Waals surface area contributed by atoms with E-state index in [0.29, 0.717) is 12.2 Å². The largest absolute Gasteiger partial charge is 0.491 e. The first-order chi connectivity index (χ1) is 7.69. The molecular weight excluding hydrogens is 208 g/mol. The minimum atomic E-state index is -0.563. The van der Waals surface area contributed by atoms with Gasteiger partial charge >= 0.3 is 0 Å². The maximum absolute atomic E-state index is 10.5. The van der Waals surface area contributed by atoms with E-state index in [1.807, 2.05) is 6.07 Å². The predicted molar refractivity (Wildman–Crippen MR) is 56.8 cm³/mol. The average Bonchev–Trinajstić information content (AvgIpc) is 2.29. The first-order valence-electron chi connectivity index (χ1n) is 4.44. The summed E-state index contributed by atoms with van der Waals surface area (Å²) in [5.41, 5.74) is -0.00734. The van der Waals surface area contributed by atoms with Gasteiger partial charge in [0.15, 0.2) is 0 Å². The lowest BCUT2D eigenvalue weighted by Gasteiger charge is -2.05. The standard InChI is InChI=1S/C11H8N2O3/c1-2-3-6-16-11-5-4-10(13(14)15)7-9(11)8-12/h1,4-5,7H,3,6H2. The van der Waals surface area contributed by atoms with Crippen molar-refractivity contribution in [2.45, 2.75) is 6.42 Å². The van der Waals surface area contributed by atoms with Crippen molar-refractivity contribution in [1.82, 2.24) is 0 Å². The van der Waals surface area contributed by atoms with Crippen LogP contribution in [-0.2, 0) is 0 Å². The van der Waals surface area contributed by atoms with Gasteiger partial charge in [0.2, 0.25) is 0 Å². The van der Waals surface area contributed by atoms with E-state index in [1.54, 1.807) is 0 Å². The van der Waals surface area contributed by atoms with Gasteiger partial charge in [0.25, 0.3) is 5.69 Å². The van der Waals surface area contributed by atoms with E-state index >= 15 is 0 Å². The number of nitrogens with zero attached hydrogens (tertiary/aromatic N) is 2. The molecule has 0 radical (unpaired) electrons. The van der Waals surface area contributed by atoms with E-state index < -0.39 is 4.92 Å². The van der Waals surface area contributed by atoms with Crippen LogP contribution in [-0.4, -0.2) is 11.5 Å². The quantitative estimate of drug-likeness (QED) is 0.333. The number of non-ortho nitro benzene ring substituents is 1. The average molecular weight is 216 g/mol. The van der Waals surface area contributed by atoms with Crippen molar-refractivity contribution >= 4 is 5.69 Å². The number of terminal acetylenes is 1. The minimum Gasteiger partial charge on any atom is -0.491 e. The Morgan fingerprint density at radius 3 is 2.88 bits per heavy atom. The lowest BCUT2D eigenvalue weighted by atomic mass is 10.2. The zero-order chi connectivity index (χ0) is 12.0. The summed E-state index contributed by atoms with van der Waals surface area (Å²) in [4.78, 5) is 9.91. The summed E-state index contributed by atoms with van der Waals surface area (Å²) in [5, 5.41) is 19.3. The van der Waals surface area contributed by atoms with Crippen LogP contribution in [0.15, 0.2) is 18.2 Å². The third kappa shape index (κ3) is 2.73. The Balaban J connectivity index is 2.91. The number of nitro benzene ring substituents is 1. The van der Waals surface area contributed by atoms with Crippen molar-refractivity contribution in [2.75, 3.05) is 6.61 Å². The van der Waals surface area contributed by atoms with E-state index in [-0.39, 0.29) is 17.9 Å². The topological polar surface area (TPSA) is 76.2 Å². The number of rotatable bonds is 4. The summed E-state index contributed by atoms with van der Waals surface area (Å²) >= 11 is 0. The number of benzene rings is 1. The molecule has 0 N–H and O–H groups in total. The predicted octanol–water partition coefficient (Wildman–Crippen LogP) is 1.87. The van der Waals surface area contributed by atoms with Gasteiger partial charge in [0.1, 0.15) is 17.4 Å². The van der Waals surface area contributed by atoms with Crippen LogP contribution in [0, 0.1) is 33.8 Å². The fourth-order valence-electron chi connectivity index (χ4n) is 1.06. The smallest absolute Gasteiger partial charge is 0.271 e. The summed E-state index contributed by atoms with van der Waals surface area (Å²) in [6.45, 7) is 0.281. The van der Waals surface area contributed by atoms with Gasteiger partial charge in [0, 0.05) is 18.6 Å². The van der Waals surface area contributed by atoms with Crippen LogP contribution in [0.25, 0.3) is 0 Å². The molecule has 0 amide bonds. The van der Waals surface area contributed by atoms with E-state index in [1.165, 1.54) is 18.2 Å². The van der Waals surface area contributed by atoms with Gasteiger partial charge in [-0.1, -0.05) is 0 Å². The molecule has 0 aliphatic carbocycles. The zero-order valence-electron chi connectivity index (χ0n) is 8.34. The van der Waals surface area contributed by atoms with E-state index in [9.17, 15) is 10.1 Å².